The Hall–Kier alpha value is -0.770. The summed E-state index contributed by atoms with van der Waals surface area (Å²) in [5, 5.41) is 2.67. The fraction of sp³-hybridized carbons (Fsp3) is 0.900. The lowest BCUT2D eigenvalue weighted by molar-refractivity contribution is 0.194. The molecule has 1 atom stereocenters. The van der Waals surface area contributed by atoms with Crippen LogP contribution in [-0.4, -0.2) is 55.1 Å². The van der Waals surface area contributed by atoms with Crippen LogP contribution in [0.1, 0.15) is 20.3 Å². The minimum Gasteiger partial charge on any atom is -0.341 e. The van der Waals surface area contributed by atoms with Crippen LogP contribution in [0.15, 0.2) is 0 Å². The third kappa shape index (κ3) is 2.38. The maximum atomic E-state index is 11.4. The first-order chi connectivity index (χ1) is 6.72. The molecule has 0 aromatic carbocycles. The van der Waals surface area contributed by atoms with Gasteiger partial charge in [0.2, 0.25) is 0 Å². The van der Waals surface area contributed by atoms with Crippen LogP contribution in [0.3, 0.4) is 0 Å². The number of likely N-dealkylation sites (tertiary alicyclic amines) is 1. The number of carbonyl (C=O) groups is 1. The van der Waals surface area contributed by atoms with Crippen LogP contribution in [0.2, 0.25) is 0 Å². The van der Waals surface area contributed by atoms with Crippen molar-refractivity contribution in [2.75, 3.05) is 33.2 Å². The zero-order valence-electron chi connectivity index (χ0n) is 9.42. The summed E-state index contributed by atoms with van der Waals surface area (Å²) in [6.45, 7) is 8.26. The zero-order valence-corrected chi connectivity index (χ0v) is 9.42. The first-order valence-electron chi connectivity index (χ1n) is 5.43. The average Bonchev–Trinajstić information content (AvgIpc) is 2.68. The van der Waals surface area contributed by atoms with Gasteiger partial charge in [-0.3, -0.25) is 4.90 Å². The highest BCUT2D eigenvalue weighted by Gasteiger charge is 2.28. The van der Waals surface area contributed by atoms with Gasteiger partial charge in [0, 0.05) is 26.2 Å². The fourth-order valence-electron chi connectivity index (χ4n) is 2.12. The number of hydrogen-bond donors (Lipinski definition) is 1. The highest BCUT2D eigenvalue weighted by Crippen LogP contribution is 2.14. The lowest BCUT2D eigenvalue weighted by atomic mass is 10.2. The smallest absolute Gasteiger partial charge is 0.317 e. The van der Waals surface area contributed by atoms with Crippen LogP contribution >= 0.6 is 0 Å². The first-order valence-corrected chi connectivity index (χ1v) is 5.43. The maximum Gasteiger partial charge on any atom is 0.317 e. The summed E-state index contributed by atoms with van der Waals surface area (Å²) in [7, 11) is 1.69. The van der Waals surface area contributed by atoms with Gasteiger partial charge in [0.15, 0.2) is 0 Å². The summed E-state index contributed by atoms with van der Waals surface area (Å²) >= 11 is 0. The molecule has 1 aliphatic heterocycles. The second-order valence-corrected chi connectivity index (χ2v) is 3.66. The average molecular weight is 199 g/mol. The topological polar surface area (TPSA) is 35.6 Å². The van der Waals surface area contributed by atoms with Crippen molar-refractivity contribution in [3.8, 4) is 0 Å². The molecule has 1 rings (SSSR count). The molecule has 4 nitrogen and oxygen atoms in total. The second kappa shape index (κ2) is 5.20. The molecule has 0 aromatic heterocycles. The molecule has 4 heteroatoms. The summed E-state index contributed by atoms with van der Waals surface area (Å²) in [5.41, 5.74) is 0. The molecule has 1 fully saturated rings. The number of likely N-dealkylation sites (N-methyl/N-ethyl adjacent to an activating group) is 1. The van der Waals surface area contributed by atoms with Gasteiger partial charge in [0.25, 0.3) is 0 Å². The van der Waals surface area contributed by atoms with Gasteiger partial charge in [-0.25, -0.2) is 4.79 Å². The summed E-state index contributed by atoms with van der Waals surface area (Å²) in [4.78, 5) is 15.7. The van der Waals surface area contributed by atoms with Crippen molar-refractivity contribution in [1.82, 2.24) is 15.1 Å². The van der Waals surface area contributed by atoms with Gasteiger partial charge in [-0.1, -0.05) is 13.8 Å². The molecule has 1 saturated heterocycles. The largest absolute Gasteiger partial charge is 0.341 e. The number of amides is 2. The Morgan fingerprint density at radius 2 is 2.14 bits per heavy atom. The van der Waals surface area contributed by atoms with Gasteiger partial charge in [0.1, 0.15) is 0 Å². The van der Waals surface area contributed by atoms with E-state index < -0.39 is 0 Å². The standard InChI is InChI=1S/C10H21N3O/c1-4-12(5-2)9-6-7-13(8-9)10(14)11-3/h9H,4-8H2,1-3H3,(H,11,14). The molecule has 1 aliphatic rings. The number of hydrogen-bond acceptors (Lipinski definition) is 2. The molecule has 0 aromatic rings. The van der Waals surface area contributed by atoms with Crippen LogP contribution in [0, 0.1) is 0 Å². The van der Waals surface area contributed by atoms with Gasteiger partial charge in [-0.15, -0.1) is 0 Å². The Morgan fingerprint density at radius 3 is 2.64 bits per heavy atom. The van der Waals surface area contributed by atoms with E-state index in [0.29, 0.717) is 6.04 Å². The van der Waals surface area contributed by atoms with Crippen molar-refractivity contribution in [2.45, 2.75) is 26.3 Å². The molecule has 2 amide bonds. The number of rotatable bonds is 3. The lowest BCUT2D eigenvalue weighted by Gasteiger charge is -2.25. The number of nitrogens with zero attached hydrogens (tertiary/aromatic N) is 2. The van der Waals surface area contributed by atoms with Crippen LogP contribution in [0.5, 0.6) is 0 Å². The van der Waals surface area contributed by atoms with E-state index in [2.05, 4.69) is 24.1 Å². The monoisotopic (exact) mass is 199 g/mol. The third-order valence-corrected chi connectivity index (χ3v) is 2.99. The van der Waals surface area contributed by atoms with Gasteiger partial charge >= 0.3 is 6.03 Å². The highest BCUT2D eigenvalue weighted by atomic mass is 16.2. The molecule has 0 saturated carbocycles. The maximum absolute atomic E-state index is 11.4. The molecule has 1 unspecified atom stereocenters. The van der Waals surface area contributed by atoms with E-state index in [1.165, 1.54) is 0 Å². The molecule has 1 heterocycles. The van der Waals surface area contributed by atoms with E-state index in [4.69, 9.17) is 0 Å². The van der Waals surface area contributed by atoms with E-state index in [0.717, 1.165) is 32.6 Å². The van der Waals surface area contributed by atoms with E-state index in [9.17, 15) is 4.79 Å². The van der Waals surface area contributed by atoms with Gasteiger partial charge in [-0.05, 0) is 19.5 Å². The third-order valence-electron chi connectivity index (χ3n) is 2.99. The quantitative estimate of drug-likeness (QED) is 0.727. The molecule has 1 N–H and O–H groups in total. The first kappa shape index (κ1) is 11.3. The van der Waals surface area contributed by atoms with Crippen molar-refractivity contribution in [3.63, 3.8) is 0 Å². The number of nitrogens with one attached hydrogen (secondary N) is 1. The molecule has 0 spiro atoms. The summed E-state index contributed by atoms with van der Waals surface area (Å²) in [6, 6.07) is 0.613. The van der Waals surface area contributed by atoms with Crippen molar-refractivity contribution in [2.24, 2.45) is 0 Å². The van der Waals surface area contributed by atoms with Gasteiger partial charge in [0.05, 0.1) is 0 Å². The Balaban J connectivity index is 2.43. The molecule has 0 bridgehead atoms. The van der Waals surface area contributed by atoms with Crippen LogP contribution in [0.4, 0.5) is 4.79 Å². The van der Waals surface area contributed by atoms with Gasteiger partial charge in [-0.2, -0.15) is 0 Å². The highest BCUT2D eigenvalue weighted by molar-refractivity contribution is 5.74. The van der Waals surface area contributed by atoms with Crippen molar-refractivity contribution in [1.29, 1.82) is 0 Å². The molecule has 82 valence electrons. The predicted octanol–water partition coefficient (Wildman–Crippen LogP) is 0.742. The molecular weight excluding hydrogens is 178 g/mol. The van der Waals surface area contributed by atoms with E-state index >= 15 is 0 Å². The zero-order chi connectivity index (χ0) is 10.6. The van der Waals surface area contributed by atoms with E-state index in [1.807, 2.05) is 4.90 Å². The summed E-state index contributed by atoms with van der Waals surface area (Å²) in [6.07, 6.45) is 1.11. The van der Waals surface area contributed by atoms with E-state index in [1.54, 1.807) is 7.05 Å². The molecule has 14 heavy (non-hydrogen) atoms. The van der Waals surface area contributed by atoms with Crippen LogP contribution in [-0.2, 0) is 0 Å². The van der Waals surface area contributed by atoms with Crippen LogP contribution in [0.25, 0.3) is 0 Å². The Labute approximate surface area is 86.2 Å². The SMILES string of the molecule is CCN(CC)C1CCN(C(=O)NC)C1. The number of carbonyl (C=O) groups excluding carboxylic acids is 1. The molecule has 0 radical (unpaired) electrons. The van der Waals surface area contributed by atoms with E-state index in [-0.39, 0.29) is 6.03 Å². The minimum absolute atomic E-state index is 0.0552. The number of urea groups is 1. The van der Waals surface area contributed by atoms with Gasteiger partial charge < -0.3 is 10.2 Å². The van der Waals surface area contributed by atoms with Crippen molar-refractivity contribution < 1.29 is 4.79 Å². The molecular formula is C10H21N3O. The Kier molecular flexibility index (Phi) is 4.20. The fourth-order valence-corrected chi connectivity index (χ4v) is 2.12. The minimum atomic E-state index is 0.0552. The lowest BCUT2D eigenvalue weighted by Crippen LogP contribution is -2.41. The van der Waals surface area contributed by atoms with Crippen LogP contribution < -0.4 is 5.32 Å². The van der Waals surface area contributed by atoms with Crippen molar-refractivity contribution in [3.05, 3.63) is 0 Å². The Bertz CT molecular complexity index is 192. The summed E-state index contributed by atoms with van der Waals surface area (Å²) < 4.78 is 0. The molecule has 0 aliphatic carbocycles. The second-order valence-electron chi connectivity index (χ2n) is 3.66. The Morgan fingerprint density at radius 1 is 1.50 bits per heavy atom. The predicted molar refractivity (Wildman–Crippen MR) is 57.4 cm³/mol. The van der Waals surface area contributed by atoms with Crippen molar-refractivity contribution >= 4 is 6.03 Å². The summed E-state index contributed by atoms with van der Waals surface area (Å²) in [5.74, 6) is 0. The normalized spacial score (nSPS) is 21.7.